The summed E-state index contributed by atoms with van der Waals surface area (Å²) >= 11 is 0. The summed E-state index contributed by atoms with van der Waals surface area (Å²) in [5, 5.41) is 4.08. The van der Waals surface area contributed by atoms with Crippen LogP contribution in [0.1, 0.15) is 29.2 Å². The zero-order valence-electron chi connectivity index (χ0n) is 17.6. The topological polar surface area (TPSA) is 76.2 Å². The minimum Gasteiger partial charge on any atom is -0.497 e. The van der Waals surface area contributed by atoms with E-state index < -0.39 is 0 Å². The van der Waals surface area contributed by atoms with Crippen molar-refractivity contribution in [2.24, 2.45) is 0 Å². The van der Waals surface area contributed by atoms with Crippen molar-refractivity contribution >= 4 is 16.8 Å². The van der Waals surface area contributed by atoms with E-state index in [0.717, 1.165) is 27.7 Å². The highest BCUT2D eigenvalue weighted by Gasteiger charge is 2.24. The van der Waals surface area contributed by atoms with Gasteiger partial charge in [-0.1, -0.05) is 30.3 Å². The van der Waals surface area contributed by atoms with Crippen LogP contribution in [-0.4, -0.2) is 30.1 Å². The second kappa shape index (κ2) is 9.34. The van der Waals surface area contributed by atoms with Crippen LogP contribution in [0.2, 0.25) is 0 Å². The maximum absolute atomic E-state index is 12.9. The van der Waals surface area contributed by atoms with Crippen LogP contribution in [0, 0.1) is 0 Å². The van der Waals surface area contributed by atoms with E-state index in [-0.39, 0.29) is 18.2 Å². The molecule has 6 nitrogen and oxygen atoms in total. The molecule has 0 fully saturated rings. The number of aromatic amines is 1. The van der Waals surface area contributed by atoms with E-state index in [1.165, 1.54) is 0 Å². The summed E-state index contributed by atoms with van der Waals surface area (Å²) in [5.74, 6) is 1.14. The first kappa shape index (κ1) is 20.5. The number of methoxy groups -OCH3 is 2. The Kier molecular flexibility index (Phi) is 6.17. The molecule has 2 aromatic carbocycles. The van der Waals surface area contributed by atoms with Gasteiger partial charge in [0, 0.05) is 47.3 Å². The summed E-state index contributed by atoms with van der Waals surface area (Å²) in [7, 11) is 3.25. The van der Waals surface area contributed by atoms with E-state index in [1.54, 1.807) is 20.4 Å². The van der Waals surface area contributed by atoms with Gasteiger partial charge in [-0.3, -0.25) is 9.78 Å². The van der Waals surface area contributed by atoms with Crippen LogP contribution in [0.5, 0.6) is 11.5 Å². The van der Waals surface area contributed by atoms with Crippen LogP contribution >= 0.6 is 0 Å². The molecule has 1 amide bonds. The average molecular weight is 415 g/mol. The smallest absolute Gasteiger partial charge is 0.221 e. The maximum Gasteiger partial charge on any atom is 0.221 e. The average Bonchev–Trinajstić information content (AvgIpc) is 3.25. The fourth-order valence-corrected chi connectivity index (χ4v) is 3.83. The number of carbonyl (C=O) groups is 1. The number of carbonyl (C=O) groups excluding carboxylic acids is 1. The number of nitrogens with zero attached hydrogens (tertiary/aromatic N) is 1. The number of H-pyrrole nitrogens is 1. The minimum absolute atomic E-state index is 0.0567. The molecule has 0 aliphatic rings. The lowest BCUT2D eigenvalue weighted by Crippen LogP contribution is -2.25. The molecule has 0 bridgehead atoms. The molecular formula is C25H25N3O3. The lowest BCUT2D eigenvalue weighted by Gasteiger charge is -2.20. The Morgan fingerprint density at radius 2 is 1.87 bits per heavy atom. The number of hydrogen-bond acceptors (Lipinski definition) is 4. The summed E-state index contributed by atoms with van der Waals surface area (Å²) in [6.07, 6.45) is 3.97. The molecule has 0 saturated heterocycles. The van der Waals surface area contributed by atoms with Gasteiger partial charge in [-0.25, -0.2) is 0 Å². The van der Waals surface area contributed by atoms with Gasteiger partial charge in [-0.15, -0.1) is 0 Å². The molecule has 0 aliphatic carbocycles. The van der Waals surface area contributed by atoms with Crippen molar-refractivity contribution in [2.75, 3.05) is 14.2 Å². The maximum atomic E-state index is 12.9. The molecule has 158 valence electrons. The number of para-hydroxylation sites is 1. The van der Waals surface area contributed by atoms with E-state index in [2.05, 4.69) is 21.4 Å². The van der Waals surface area contributed by atoms with Crippen molar-refractivity contribution in [1.82, 2.24) is 15.3 Å². The summed E-state index contributed by atoms with van der Waals surface area (Å²) in [4.78, 5) is 20.5. The number of benzene rings is 2. The molecule has 0 aliphatic heterocycles. The second-order valence-electron chi connectivity index (χ2n) is 7.25. The van der Waals surface area contributed by atoms with E-state index >= 15 is 0 Å². The number of hydrogen-bond donors (Lipinski definition) is 2. The normalized spacial score (nSPS) is 11.8. The van der Waals surface area contributed by atoms with Crippen molar-refractivity contribution in [3.63, 3.8) is 0 Å². The molecule has 6 heteroatoms. The first-order valence-corrected chi connectivity index (χ1v) is 10.1. The molecule has 0 unspecified atom stereocenters. The molecule has 31 heavy (non-hydrogen) atoms. The fraction of sp³-hybridized carbons (Fsp3) is 0.200. The molecule has 2 N–H and O–H groups in total. The summed E-state index contributed by atoms with van der Waals surface area (Å²) in [6, 6.07) is 19.5. The van der Waals surface area contributed by atoms with Gasteiger partial charge in [0.1, 0.15) is 11.5 Å². The van der Waals surface area contributed by atoms with Crippen LogP contribution in [0.15, 0.2) is 73.1 Å². The lowest BCUT2D eigenvalue weighted by atomic mass is 9.87. The molecule has 1 atom stereocenters. The van der Waals surface area contributed by atoms with Crippen LogP contribution in [0.4, 0.5) is 0 Å². The number of amides is 1. The van der Waals surface area contributed by atoms with Crippen LogP contribution in [0.3, 0.4) is 0 Å². The quantitative estimate of drug-likeness (QED) is 0.447. The third kappa shape index (κ3) is 4.53. The van der Waals surface area contributed by atoms with E-state index in [9.17, 15) is 4.79 Å². The largest absolute Gasteiger partial charge is 0.497 e. The molecular weight excluding hydrogens is 390 g/mol. The van der Waals surface area contributed by atoms with Crippen LogP contribution in [-0.2, 0) is 11.3 Å². The standard InChI is InChI=1S/C25H25N3O3/c1-30-18-10-11-20(24(13-18)31-2)21(22-16-27-23-9-4-3-8-19(22)23)14-25(29)28-15-17-7-5-6-12-26-17/h3-13,16,21,27H,14-15H2,1-2H3,(H,28,29)/t21-/m0/s1. The molecule has 4 aromatic rings. The van der Waals surface area contributed by atoms with Gasteiger partial charge in [0.15, 0.2) is 0 Å². The summed E-state index contributed by atoms with van der Waals surface area (Å²) < 4.78 is 11.0. The molecule has 2 heterocycles. The van der Waals surface area contributed by atoms with Crippen LogP contribution in [0.25, 0.3) is 10.9 Å². The van der Waals surface area contributed by atoms with Gasteiger partial charge in [0.05, 0.1) is 26.5 Å². The van der Waals surface area contributed by atoms with Gasteiger partial charge in [0.2, 0.25) is 5.91 Å². The highest BCUT2D eigenvalue weighted by Crippen LogP contribution is 2.39. The Morgan fingerprint density at radius 1 is 1.03 bits per heavy atom. The van der Waals surface area contributed by atoms with Crippen molar-refractivity contribution in [3.8, 4) is 11.5 Å². The van der Waals surface area contributed by atoms with E-state index in [0.29, 0.717) is 18.0 Å². The van der Waals surface area contributed by atoms with Crippen molar-refractivity contribution in [1.29, 1.82) is 0 Å². The predicted octanol–water partition coefficient (Wildman–Crippen LogP) is 4.42. The van der Waals surface area contributed by atoms with Crippen LogP contribution < -0.4 is 14.8 Å². The number of ether oxygens (including phenoxy) is 2. The van der Waals surface area contributed by atoms with Gasteiger partial charge in [0.25, 0.3) is 0 Å². The van der Waals surface area contributed by atoms with Gasteiger partial charge in [-0.2, -0.15) is 0 Å². The monoisotopic (exact) mass is 415 g/mol. The van der Waals surface area contributed by atoms with Gasteiger partial charge < -0.3 is 19.8 Å². The molecule has 0 radical (unpaired) electrons. The van der Waals surface area contributed by atoms with Crippen molar-refractivity contribution < 1.29 is 14.3 Å². The number of rotatable bonds is 8. The van der Waals surface area contributed by atoms with Crippen molar-refractivity contribution in [3.05, 3.63) is 89.9 Å². The minimum atomic E-state index is -0.194. The third-order valence-corrected chi connectivity index (χ3v) is 5.40. The number of aromatic nitrogens is 2. The Balaban J connectivity index is 1.67. The van der Waals surface area contributed by atoms with E-state index in [4.69, 9.17) is 9.47 Å². The van der Waals surface area contributed by atoms with Crippen molar-refractivity contribution in [2.45, 2.75) is 18.9 Å². The zero-order valence-corrected chi connectivity index (χ0v) is 17.6. The zero-order chi connectivity index (χ0) is 21.6. The lowest BCUT2D eigenvalue weighted by molar-refractivity contribution is -0.121. The molecule has 0 saturated carbocycles. The first-order chi connectivity index (χ1) is 15.2. The SMILES string of the molecule is COc1ccc([C@H](CC(=O)NCc2ccccn2)c2c[nH]c3ccccc23)c(OC)c1. The van der Waals surface area contributed by atoms with E-state index in [1.807, 2.05) is 60.8 Å². The fourth-order valence-electron chi connectivity index (χ4n) is 3.83. The number of nitrogens with one attached hydrogen (secondary N) is 2. The summed E-state index contributed by atoms with van der Waals surface area (Å²) in [6.45, 7) is 0.389. The first-order valence-electron chi connectivity index (χ1n) is 10.1. The summed E-state index contributed by atoms with van der Waals surface area (Å²) in [5.41, 5.74) is 3.83. The second-order valence-corrected chi connectivity index (χ2v) is 7.25. The Bertz CT molecular complexity index is 1170. The highest BCUT2D eigenvalue weighted by atomic mass is 16.5. The number of pyridine rings is 1. The van der Waals surface area contributed by atoms with Gasteiger partial charge in [-0.05, 0) is 29.8 Å². The molecule has 0 spiro atoms. The molecule has 4 rings (SSSR count). The Hall–Kier alpha value is -3.80. The molecule has 2 aromatic heterocycles. The predicted molar refractivity (Wildman–Crippen MR) is 120 cm³/mol. The Labute approximate surface area is 181 Å². The third-order valence-electron chi connectivity index (χ3n) is 5.40. The van der Waals surface area contributed by atoms with Gasteiger partial charge >= 0.3 is 0 Å². The highest BCUT2D eigenvalue weighted by molar-refractivity contribution is 5.86. The Morgan fingerprint density at radius 3 is 2.65 bits per heavy atom. The number of fused-ring (bicyclic) bond motifs is 1.